The molecule has 0 saturated carbocycles. The second kappa shape index (κ2) is 6.19. The number of esters is 1. The average Bonchev–Trinajstić information content (AvgIpc) is 2.65. The largest absolute Gasteiger partial charge is 0.481 e. The molecule has 2 atom stereocenters. The molecule has 0 aromatic rings. The fraction of sp³-hybridized carbons (Fsp3) is 0.750. The minimum absolute atomic E-state index is 0.575. The van der Waals surface area contributed by atoms with Crippen LogP contribution in [0.4, 0.5) is 3.89 Å². The van der Waals surface area contributed by atoms with Gasteiger partial charge in [-0.1, -0.05) is 0 Å². The van der Waals surface area contributed by atoms with Gasteiger partial charge in [0.15, 0.2) is 0 Å². The van der Waals surface area contributed by atoms with Crippen LogP contribution in [-0.4, -0.2) is 59.7 Å². The van der Waals surface area contributed by atoms with Crippen molar-refractivity contribution in [1.29, 1.82) is 0 Å². The number of rotatable bonds is 5. The molecule has 1 saturated heterocycles. The lowest BCUT2D eigenvalue weighted by molar-refractivity contribution is -0.166. The SMILES string of the molecule is CC(C)(C)OC(=O)[C@H](CC(=O)O)N1CC(S(=O)(=O)F)CC1=O. The highest BCUT2D eigenvalue weighted by molar-refractivity contribution is 7.87. The van der Waals surface area contributed by atoms with E-state index < -0.39 is 64.3 Å². The molecular formula is C12H18FNO7S. The van der Waals surface area contributed by atoms with Crippen LogP contribution in [0.5, 0.6) is 0 Å². The van der Waals surface area contributed by atoms with E-state index in [-0.39, 0.29) is 0 Å². The minimum Gasteiger partial charge on any atom is -0.481 e. The van der Waals surface area contributed by atoms with E-state index in [9.17, 15) is 26.7 Å². The summed E-state index contributed by atoms with van der Waals surface area (Å²) in [6.45, 7) is 4.10. The molecule has 8 nitrogen and oxygen atoms in total. The van der Waals surface area contributed by atoms with E-state index in [1.807, 2.05) is 0 Å². The smallest absolute Gasteiger partial charge is 0.329 e. The molecular weight excluding hydrogens is 321 g/mol. The van der Waals surface area contributed by atoms with Gasteiger partial charge in [-0.05, 0) is 20.8 Å². The number of ether oxygens (including phenoxy) is 1. The predicted octanol–water partition coefficient (Wildman–Crippen LogP) is 0.0716. The van der Waals surface area contributed by atoms with Crippen LogP contribution in [0.25, 0.3) is 0 Å². The molecule has 1 heterocycles. The number of carboxylic acid groups (broad SMARTS) is 1. The second-order valence-corrected chi connectivity index (χ2v) is 7.61. The third-order valence-electron chi connectivity index (χ3n) is 2.94. The van der Waals surface area contributed by atoms with Gasteiger partial charge < -0.3 is 14.7 Å². The number of aliphatic carboxylic acids is 1. The zero-order valence-corrected chi connectivity index (χ0v) is 13.2. The van der Waals surface area contributed by atoms with Gasteiger partial charge in [0, 0.05) is 13.0 Å². The van der Waals surface area contributed by atoms with Crippen LogP contribution >= 0.6 is 0 Å². The number of hydrogen-bond acceptors (Lipinski definition) is 6. The summed E-state index contributed by atoms with van der Waals surface area (Å²) in [5.74, 6) is -3.14. The third kappa shape index (κ3) is 4.93. The van der Waals surface area contributed by atoms with Crippen molar-refractivity contribution < 1.29 is 36.5 Å². The lowest BCUT2D eigenvalue weighted by Crippen LogP contribution is -2.46. The van der Waals surface area contributed by atoms with Gasteiger partial charge >= 0.3 is 22.2 Å². The predicted molar refractivity (Wildman–Crippen MR) is 72.0 cm³/mol. The Kier molecular flexibility index (Phi) is 5.16. The van der Waals surface area contributed by atoms with Gasteiger partial charge in [-0.3, -0.25) is 9.59 Å². The molecule has 1 N–H and O–H groups in total. The quantitative estimate of drug-likeness (QED) is 0.556. The number of likely N-dealkylation sites (tertiary alicyclic amines) is 1. The third-order valence-corrected chi connectivity index (χ3v) is 4.06. The van der Waals surface area contributed by atoms with Crippen LogP contribution in [-0.2, 0) is 29.3 Å². The molecule has 1 amide bonds. The Morgan fingerprint density at radius 2 is 2.00 bits per heavy atom. The molecule has 0 aromatic carbocycles. The topological polar surface area (TPSA) is 118 Å². The highest BCUT2D eigenvalue weighted by atomic mass is 32.3. The summed E-state index contributed by atoms with van der Waals surface area (Å²) < 4.78 is 39.8. The summed E-state index contributed by atoms with van der Waals surface area (Å²) in [5.41, 5.74) is -0.915. The summed E-state index contributed by atoms with van der Waals surface area (Å²) in [7, 11) is -4.95. The first-order chi connectivity index (χ1) is 9.81. The van der Waals surface area contributed by atoms with E-state index in [1.165, 1.54) is 0 Å². The summed E-state index contributed by atoms with van der Waals surface area (Å²) in [6.07, 6.45) is -1.38. The first-order valence-corrected chi connectivity index (χ1v) is 7.93. The molecule has 0 aromatic heterocycles. The van der Waals surface area contributed by atoms with Crippen molar-refractivity contribution in [3.8, 4) is 0 Å². The van der Waals surface area contributed by atoms with Crippen molar-refractivity contribution in [2.75, 3.05) is 6.54 Å². The van der Waals surface area contributed by atoms with Crippen LogP contribution in [0.2, 0.25) is 0 Å². The Bertz CT molecular complexity index is 581. The first kappa shape index (κ1) is 18.3. The molecule has 22 heavy (non-hydrogen) atoms. The lowest BCUT2D eigenvalue weighted by atomic mass is 10.1. The van der Waals surface area contributed by atoms with Gasteiger partial charge in [-0.2, -0.15) is 8.42 Å². The fourth-order valence-electron chi connectivity index (χ4n) is 2.04. The molecule has 1 rings (SSSR count). The Morgan fingerprint density at radius 1 is 1.45 bits per heavy atom. The minimum atomic E-state index is -4.95. The van der Waals surface area contributed by atoms with E-state index in [4.69, 9.17) is 9.84 Å². The van der Waals surface area contributed by atoms with Crippen molar-refractivity contribution in [3.05, 3.63) is 0 Å². The number of halogens is 1. The number of amides is 1. The first-order valence-electron chi connectivity index (χ1n) is 6.49. The van der Waals surface area contributed by atoms with Crippen LogP contribution in [0.3, 0.4) is 0 Å². The van der Waals surface area contributed by atoms with Crippen LogP contribution in [0, 0.1) is 0 Å². The van der Waals surface area contributed by atoms with Crippen LogP contribution in [0.15, 0.2) is 0 Å². The van der Waals surface area contributed by atoms with Crippen molar-refractivity contribution in [2.45, 2.75) is 50.5 Å². The van der Waals surface area contributed by atoms with Gasteiger partial charge in [0.25, 0.3) is 0 Å². The summed E-state index contributed by atoms with van der Waals surface area (Å²) in [4.78, 5) is 35.5. The molecule has 0 bridgehead atoms. The van der Waals surface area contributed by atoms with E-state index in [0.717, 1.165) is 4.90 Å². The highest BCUT2D eigenvalue weighted by Crippen LogP contribution is 2.24. The van der Waals surface area contributed by atoms with E-state index >= 15 is 0 Å². The molecule has 0 aliphatic carbocycles. The standard InChI is InChI=1S/C12H18FNO7S/c1-12(2,3)21-11(18)8(5-10(16)17)14-6-7(4-9(14)15)22(13,19)20/h7-8H,4-6H2,1-3H3,(H,16,17)/t7?,8-/m0/s1. The Labute approximate surface area is 127 Å². The number of hydrogen-bond donors (Lipinski definition) is 1. The van der Waals surface area contributed by atoms with E-state index in [1.54, 1.807) is 20.8 Å². The number of carbonyl (C=O) groups is 3. The Balaban J connectivity index is 3.00. The number of carboxylic acids is 1. The summed E-state index contributed by atoms with van der Waals surface area (Å²) in [6, 6.07) is -1.49. The fourth-order valence-corrected chi connectivity index (χ4v) is 2.72. The van der Waals surface area contributed by atoms with Crippen molar-refractivity contribution in [2.24, 2.45) is 0 Å². The molecule has 1 aliphatic heterocycles. The van der Waals surface area contributed by atoms with Gasteiger partial charge in [0.2, 0.25) is 5.91 Å². The molecule has 1 aliphatic rings. The summed E-state index contributed by atoms with van der Waals surface area (Å²) >= 11 is 0. The molecule has 0 radical (unpaired) electrons. The van der Waals surface area contributed by atoms with Crippen LogP contribution < -0.4 is 0 Å². The van der Waals surface area contributed by atoms with Crippen LogP contribution in [0.1, 0.15) is 33.6 Å². The lowest BCUT2D eigenvalue weighted by Gasteiger charge is -2.28. The van der Waals surface area contributed by atoms with Gasteiger partial charge in [-0.25, -0.2) is 4.79 Å². The average molecular weight is 339 g/mol. The van der Waals surface area contributed by atoms with Crippen molar-refractivity contribution in [3.63, 3.8) is 0 Å². The molecule has 0 spiro atoms. The van der Waals surface area contributed by atoms with Crippen molar-refractivity contribution >= 4 is 28.1 Å². The Morgan fingerprint density at radius 3 is 2.36 bits per heavy atom. The highest BCUT2D eigenvalue weighted by Gasteiger charge is 2.45. The van der Waals surface area contributed by atoms with Gasteiger partial charge in [-0.15, -0.1) is 3.89 Å². The molecule has 126 valence electrons. The van der Waals surface area contributed by atoms with Gasteiger partial charge in [0.1, 0.15) is 16.9 Å². The summed E-state index contributed by atoms with van der Waals surface area (Å²) in [5, 5.41) is 7.27. The number of carbonyl (C=O) groups excluding carboxylic acids is 2. The van der Waals surface area contributed by atoms with Gasteiger partial charge in [0.05, 0.1) is 6.42 Å². The maximum Gasteiger partial charge on any atom is 0.329 e. The van der Waals surface area contributed by atoms with E-state index in [0.29, 0.717) is 0 Å². The zero-order chi connectivity index (χ0) is 17.3. The number of nitrogens with zero attached hydrogens (tertiary/aromatic N) is 1. The molecule has 10 heteroatoms. The second-order valence-electron chi connectivity index (χ2n) is 5.99. The van der Waals surface area contributed by atoms with E-state index in [2.05, 4.69) is 0 Å². The Hall–Kier alpha value is -1.71. The maximum atomic E-state index is 13.0. The molecule has 1 fully saturated rings. The normalized spacial score (nSPS) is 20.8. The maximum absolute atomic E-state index is 13.0. The van der Waals surface area contributed by atoms with Crippen molar-refractivity contribution in [1.82, 2.24) is 4.90 Å². The zero-order valence-electron chi connectivity index (χ0n) is 12.4. The monoisotopic (exact) mass is 339 g/mol. The molecule has 1 unspecified atom stereocenters.